The first-order chi connectivity index (χ1) is 14.4. The summed E-state index contributed by atoms with van der Waals surface area (Å²) >= 11 is 1.74. The number of thioether (sulfide) groups is 1. The molecule has 0 aliphatic heterocycles. The number of aromatic nitrogens is 1. The molecule has 1 nitrogen and oxygen atoms in total. The van der Waals surface area contributed by atoms with Crippen molar-refractivity contribution in [3.05, 3.63) is 71.9 Å². The lowest BCUT2D eigenvalue weighted by Crippen LogP contribution is -2.32. The molecule has 1 heterocycles. The second-order valence-electron chi connectivity index (χ2n) is 8.98. The second-order valence-corrected chi connectivity index (χ2v) is 10.6. The zero-order chi connectivity index (χ0) is 23.0. The number of hydrogen-bond donors (Lipinski definition) is 0. The van der Waals surface area contributed by atoms with Crippen LogP contribution in [0.25, 0.3) is 22.4 Å². The van der Waals surface area contributed by atoms with Gasteiger partial charge < -0.3 is 0 Å². The Bertz CT molecular complexity index is 1070. The van der Waals surface area contributed by atoms with E-state index in [9.17, 15) is 0 Å². The Hall–Kier alpha value is -2.06. The van der Waals surface area contributed by atoms with Gasteiger partial charge in [0.05, 0.1) is 0 Å². The van der Waals surface area contributed by atoms with Crippen LogP contribution in [-0.2, 0) is 13.4 Å². The van der Waals surface area contributed by atoms with Crippen LogP contribution in [0, 0.1) is 12.3 Å². The van der Waals surface area contributed by atoms with Crippen molar-refractivity contribution in [2.45, 2.75) is 58.1 Å². The van der Waals surface area contributed by atoms with Crippen molar-refractivity contribution in [3.63, 3.8) is 0 Å². The van der Waals surface area contributed by atoms with Crippen LogP contribution in [0.2, 0.25) is 0 Å². The van der Waals surface area contributed by atoms with Gasteiger partial charge in [-0.1, -0.05) is 77.1 Å². The highest BCUT2D eigenvalue weighted by Gasteiger charge is 2.22. The minimum atomic E-state index is -1.44. The number of benzene rings is 2. The smallest absolute Gasteiger partial charge is 0.201 e. The van der Waals surface area contributed by atoms with Crippen LogP contribution in [0.4, 0.5) is 0 Å². The summed E-state index contributed by atoms with van der Waals surface area (Å²) in [4.78, 5) is 1.02. The molecule has 0 spiro atoms. The van der Waals surface area contributed by atoms with Crippen molar-refractivity contribution in [1.82, 2.24) is 0 Å². The van der Waals surface area contributed by atoms with Gasteiger partial charge in [-0.2, -0.15) is 0 Å². The maximum absolute atomic E-state index is 8.90. The topological polar surface area (TPSA) is 3.88 Å². The standard InChI is InChI=1S/C27H34NS/c1-19(2)29-26-16-25(28(7)18-23(26)17-27(4,5)6)24-15-22(14-13-20(24)3)21-11-9-8-10-12-21/h8-16,18-19H,17H2,1-7H3/q+1/i17D2. The minimum Gasteiger partial charge on any atom is -0.201 e. The van der Waals surface area contributed by atoms with Gasteiger partial charge in [-0.15, -0.1) is 11.8 Å². The van der Waals surface area contributed by atoms with Gasteiger partial charge in [0.1, 0.15) is 7.05 Å². The Labute approximate surface area is 184 Å². The summed E-state index contributed by atoms with van der Waals surface area (Å²) in [5, 5.41) is 0.367. The van der Waals surface area contributed by atoms with Crippen molar-refractivity contribution in [1.29, 1.82) is 0 Å². The molecule has 0 saturated carbocycles. The van der Waals surface area contributed by atoms with E-state index in [0.29, 0.717) is 5.25 Å². The fourth-order valence-electron chi connectivity index (χ4n) is 3.46. The Kier molecular flexibility index (Phi) is 5.71. The molecule has 1 aromatic heterocycles. The maximum Gasteiger partial charge on any atom is 0.213 e. The lowest BCUT2D eigenvalue weighted by Gasteiger charge is -2.20. The quantitative estimate of drug-likeness (QED) is 0.319. The summed E-state index contributed by atoms with van der Waals surface area (Å²) in [7, 11) is 2.02. The summed E-state index contributed by atoms with van der Waals surface area (Å²) in [6.45, 7) is 12.4. The third kappa shape index (κ3) is 5.51. The van der Waals surface area contributed by atoms with E-state index in [2.05, 4.69) is 73.9 Å². The van der Waals surface area contributed by atoms with Crippen molar-refractivity contribution in [2.75, 3.05) is 0 Å². The van der Waals surface area contributed by atoms with Gasteiger partial charge in [-0.25, -0.2) is 4.57 Å². The SMILES string of the molecule is [2H]C([2H])(c1c[n+](C)c(-c2cc(-c3ccccc3)ccc2C)cc1SC(C)C)C(C)(C)C. The van der Waals surface area contributed by atoms with E-state index in [1.807, 2.05) is 40.1 Å². The molecule has 0 fully saturated rings. The highest BCUT2D eigenvalue weighted by Crippen LogP contribution is 2.34. The molecule has 0 saturated heterocycles. The Balaban J connectivity index is 2.21. The predicted octanol–water partition coefficient (Wildman–Crippen LogP) is 7.24. The van der Waals surface area contributed by atoms with Crippen LogP contribution in [0.3, 0.4) is 0 Å². The fourth-order valence-corrected chi connectivity index (χ4v) is 4.37. The molecular weight excluding hydrogens is 370 g/mol. The normalized spacial score (nSPS) is 13.4. The summed E-state index contributed by atoms with van der Waals surface area (Å²) < 4.78 is 19.9. The number of rotatable bonds is 5. The van der Waals surface area contributed by atoms with Gasteiger partial charge in [0, 0.05) is 30.1 Å². The van der Waals surface area contributed by atoms with Crippen molar-refractivity contribution >= 4 is 11.8 Å². The van der Waals surface area contributed by atoms with Gasteiger partial charge in [0.15, 0.2) is 6.20 Å². The summed E-state index contributed by atoms with van der Waals surface area (Å²) in [5.74, 6) is 0. The largest absolute Gasteiger partial charge is 0.213 e. The molecule has 0 radical (unpaired) electrons. The van der Waals surface area contributed by atoms with Gasteiger partial charge in [-0.3, -0.25) is 0 Å². The van der Waals surface area contributed by atoms with Gasteiger partial charge in [-0.05, 0) is 41.5 Å². The molecule has 2 heteroatoms. The highest BCUT2D eigenvalue weighted by atomic mass is 32.2. The van der Waals surface area contributed by atoms with E-state index in [4.69, 9.17) is 2.74 Å². The van der Waals surface area contributed by atoms with E-state index in [0.717, 1.165) is 16.2 Å². The molecule has 0 atom stereocenters. The Morgan fingerprint density at radius 2 is 1.69 bits per heavy atom. The highest BCUT2D eigenvalue weighted by molar-refractivity contribution is 8.00. The number of aryl methyl sites for hydroxylation is 2. The summed E-state index contributed by atoms with van der Waals surface area (Å²) in [5.41, 5.74) is 6.14. The average Bonchev–Trinajstić information content (AvgIpc) is 2.69. The van der Waals surface area contributed by atoms with Gasteiger partial charge in [0.2, 0.25) is 5.69 Å². The zero-order valence-corrected chi connectivity index (χ0v) is 19.5. The third-order valence-electron chi connectivity index (χ3n) is 4.73. The third-order valence-corrected chi connectivity index (χ3v) is 5.79. The summed E-state index contributed by atoms with van der Waals surface area (Å²) in [6, 6.07) is 19.2. The number of hydrogen-bond acceptors (Lipinski definition) is 1. The molecule has 0 bridgehead atoms. The first kappa shape index (κ1) is 18.9. The fraction of sp³-hybridized carbons (Fsp3) is 0.370. The number of pyridine rings is 1. The zero-order valence-electron chi connectivity index (χ0n) is 20.7. The molecule has 0 unspecified atom stereocenters. The Morgan fingerprint density at radius 1 is 1.00 bits per heavy atom. The second kappa shape index (κ2) is 8.75. The molecule has 29 heavy (non-hydrogen) atoms. The van der Waals surface area contributed by atoms with Crippen LogP contribution in [0.15, 0.2) is 65.7 Å². The molecule has 0 N–H and O–H groups in total. The molecule has 0 amide bonds. The maximum atomic E-state index is 8.90. The van der Waals surface area contributed by atoms with Gasteiger partial charge in [0.25, 0.3) is 0 Å². The predicted molar refractivity (Wildman–Crippen MR) is 127 cm³/mol. The first-order valence-electron chi connectivity index (χ1n) is 11.3. The van der Waals surface area contributed by atoms with Crippen LogP contribution in [-0.4, -0.2) is 5.25 Å². The monoisotopic (exact) mass is 406 g/mol. The summed E-state index contributed by atoms with van der Waals surface area (Å²) in [6.07, 6.45) is 0.557. The molecule has 3 aromatic rings. The molecule has 3 rings (SSSR count). The molecule has 0 aliphatic rings. The van der Waals surface area contributed by atoms with Crippen LogP contribution >= 0.6 is 11.8 Å². The van der Waals surface area contributed by atoms with E-state index >= 15 is 0 Å². The van der Waals surface area contributed by atoms with Crippen molar-refractivity contribution in [3.8, 4) is 22.4 Å². The first-order valence-corrected chi connectivity index (χ1v) is 11.2. The van der Waals surface area contributed by atoms with Crippen molar-refractivity contribution < 1.29 is 7.31 Å². The lowest BCUT2D eigenvalue weighted by atomic mass is 9.88. The van der Waals surface area contributed by atoms with Crippen LogP contribution in [0.5, 0.6) is 0 Å². The lowest BCUT2D eigenvalue weighted by molar-refractivity contribution is -0.661. The van der Waals surface area contributed by atoms with E-state index < -0.39 is 11.8 Å². The van der Waals surface area contributed by atoms with Crippen molar-refractivity contribution in [2.24, 2.45) is 12.5 Å². The number of nitrogens with zero attached hydrogens (tertiary/aromatic N) is 1. The van der Waals surface area contributed by atoms with E-state index in [1.165, 1.54) is 22.3 Å². The minimum absolute atomic E-state index is 0.367. The molecule has 152 valence electrons. The average molecular weight is 407 g/mol. The Morgan fingerprint density at radius 3 is 2.31 bits per heavy atom. The molecule has 2 aromatic carbocycles. The molecular formula is C27H34NS+. The van der Waals surface area contributed by atoms with E-state index in [1.54, 1.807) is 11.8 Å². The van der Waals surface area contributed by atoms with E-state index in [-0.39, 0.29) is 0 Å². The van der Waals surface area contributed by atoms with Crippen LogP contribution < -0.4 is 4.57 Å². The molecule has 0 aliphatic carbocycles. The van der Waals surface area contributed by atoms with Gasteiger partial charge >= 0.3 is 0 Å². The van der Waals surface area contributed by atoms with Crippen LogP contribution in [0.1, 0.15) is 48.5 Å².